The Bertz CT molecular complexity index is 686. The Morgan fingerprint density at radius 2 is 2.00 bits per heavy atom. The van der Waals surface area contributed by atoms with Gasteiger partial charge >= 0.3 is 0 Å². The van der Waals surface area contributed by atoms with E-state index in [1.165, 1.54) is 0 Å². The maximum absolute atomic E-state index is 12.3. The molecule has 1 amide bonds. The maximum Gasteiger partial charge on any atom is 0.255 e. The first-order chi connectivity index (χ1) is 11.0. The van der Waals surface area contributed by atoms with Crippen LogP contribution in [0, 0.1) is 5.92 Å². The van der Waals surface area contributed by atoms with Gasteiger partial charge in [0.05, 0.1) is 18.7 Å². The zero-order chi connectivity index (χ0) is 16.8. The number of carbonyl (C=O) groups excluding carboxylic acids is 1. The van der Waals surface area contributed by atoms with Crippen LogP contribution in [-0.2, 0) is 0 Å². The molecule has 0 aliphatic heterocycles. The number of carbonyl (C=O) groups is 1. The van der Waals surface area contributed by atoms with Crippen LogP contribution in [-0.4, -0.2) is 19.6 Å². The van der Waals surface area contributed by atoms with E-state index in [0.29, 0.717) is 40.3 Å². The van der Waals surface area contributed by atoms with Gasteiger partial charge in [-0.15, -0.1) is 0 Å². The van der Waals surface area contributed by atoms with Gasteiger partial charge < -0.3 is 14.8 Å². The number of amides is 1. The molecule has 5 heteroatoms. The average Bonchev–Trinajstić information content (AvgIpc) is 2.54. The number of ether oxygens (including phenoxy) is 2. The van der Waals surface area contributed by atoms with E-state index in [-0.39, 0.29) is 5.91 Å². The van der Waals surface area contributed by atoms with Crippen molar-refractivity contribution in [3.63, 3.8) is 0 Å². The summed E-state index contributed by atoms with van der Waals surface area (Å²) in [5.74, 6) is 1.43. The fourth-order valence-corrected chi connectivity index (χ4v) is 2.15. The van der Waals surface area contributed by atoms with Gasteiger partial charge in [-0.1, -0.05) is 31.5 Å². The Labute approximate surface area is 141 Å². The van der Waals surface area contributed by atoms with Gasteiger partial charge in [-0.05, 0) is 42.3 Å². The minimum Gasteiger partial charge on any atom is -0.497 e. The van der Waals surface area contributed by atoms with Crippen molar-refractivity contribution in [2.75, 3.05) is 19.0 Å². The summed E-state index contributed by atoms with van der Waals surface area (Å²) >= 11 is 6.19. The third-order valence-corrected chi connectivity index (χ3v) is 3.39. The minimum atomic E-state index is -0.226. The molecule has 122 valence electrons. The molecule has 0 saturated heterocycles. The third kappa shape index (κ3) is 4.89. The van der Waals surface area contributed by atoms with Crippen molar-refractivity contribution in [3.8, 4) is 11.5 Å². The average molecular weight is 334 g/mol. The molecule has 0 saturated carbocycles. The molecule has 0 radical (unpaired) electrons. The number of nitrogens with one attached hydrogen (secondary N) is 1. The van der Waals surface area contributed by atoms with Crippen LogP contribution in [0.25, 0.3) is 0 Å². The lowest BCUT2D eigenvalue weighted by atomic mass is 10.2. The Morgan fingerprint density at radius 3 is 2.65 bits per heavy atom. The molecule has 0 aromatic heterocycles. The van der Waals surface area contributed by atoms with Crippen molar-refractivity contribution in [2.24, 2.45) is 5.92 Å². The van der Waals surface area contributed by atoms with Gasteiger partial charge in [-0.3, -0.25) is 4.79 Å². The summed E-state index contributed by atoms with van der Waals surface area (Å²) in [5, 5.41) is 3.27. The number of anilines is 1. The number of benzene rings is 2. The van der Waals surface area contributed by atoms with E-state index >= 15 is 0 Å². The highest BCUT2D eigenvalue weighted by Gasteiger charge is 2.09. The molecule has 23 heavy (non-hydrogen) atoms. The molecule has 0 aliphatic carbocycles. The van der Waals surface area contributed by atoms with E-state index in [9.17, 15) is 4.79 Å². The molecule has 0 bridgehead atoms. The fraction of sp³-hybridized carbons (Fsp3) is 0.278. The monoisotopic (exact) mass is 333 g/mol. The van der Waals surface area contributed by atoms with Gasteiger partial charge in [0.2, 0.25) is 0 Å². The van der Waals surface area contributed by atoms with E-state index in [2.05, 4.69) is 19.2 Å². The topological polar surface area (TPSA) is 47.6 Å². The van der Waals surface area contributed by atoms with Crippen molar-refractivity contribution in [1.29, 1.82) is 0 Å². The molecular weight excluding hydrogens is 314 g/mol. The van der Waals surface area contributed by atoms with Gasteiger partial charge in [0.15, 0.2) is 0 Å². The Morgan fingerprint density at radius 1 is 1.22 bits per heavy atom. The predicted molar refractivity (Wildman–Crippen MR) is 92.7 cm³/mol. The fourth-order valence-electron chi connectivity index (χ4n) is 1.92. The van der Waals surface area contributed by atoms with Crippen LogP contribution in [0.4, 0.5) is 5.69 Å². The third-order valence-electron chi connectivity index (χ3n) is 3.09. The quantitative estimate of drug-likeness (QED) is 0.838. The van der Waals surface area contributed by atoms with E-state index in [0.717, 1.165) is 0 Å². The summed E-state index contributed by atoms with van der Waals surface area (Å²) < 4.78 is 10.7. The normalized spacial score (nSPS) is 10.5. The first-order valence-electron chi connectivity index (χ1n) is 7.37. The van der Waals surface area contributed by atoms with Gasteiger partial charge in [0.25, 0.3) is 5.91 Å². The lowest BCUT2D eigenvalue weighted by molar-refractivity contribution is 0.102. The highest BCUT2D eigenvalue weighted by atomic mass is 35.5. The number of hydrogen-bond donors (Lipinski definition) is 1. The Balaban J connectivity index is 2.07. The van der Waals surface area contributed by atoms with Gasteiger partial charge in [-0.2, -0.15) is 0 Å². The molecule has 2 rings (SSSR count). The molecule has 2 aromatic carbocycles. The molecule has 2 aromatic rings. The summed E-state index contributed by atoms with van der Waals surface area (Å²) in [5.41, 5.74) is 1.13. The van der Waals surface area contributed by atoms with Crippen molar-refractivity contribution >= 4 is 23.2 Å². The number of halogens is 1. The Hall–Kier alpha value is -2.20. The molecular formula is C18H20ClNO3. The lowest BCUT2D eigenvalue weighted by Crippen LogP contribution is -2.12. The SMILES string of the molecule is COc1cccc(C(=O)Nc2ccc(OCC(C)C)c(Cl)c2)c1. The smallest absolute Gasteiger partial charge is 0.255 e. The molecule has 0 heterocycles. The van der Waals surface area contributed by atoms with Crippen LogP contribution >= 0.6 is 11.6 Å². The van der Waals surface area contributed by atoms with Crippen molar-refractivity contribution in [2.45, 2.75) is 13.8 Å². The van der Waals surface area contributed by atoms with Crippen LogP contribution in [0.2, 0.25) is 5.02 Å². The first kappa shape index (κ1) is 17.2. The molecule has 1 N–H and O–H groups in total. The number of methoxy groups -OCH3 is 1. The van der Waals surface area contributed by atoms with Crippen LogP contribution in [0.15, 0.2) is 42.5 Å². The standard InChI is InChI=1S/C18H20ClNO3/c1-12(2)11-23-17-8-7-14(10-16(17)19)20-18(21)13-5-4-6-15(9-13)22-3/h4-10,12H,11H2,1-3H3,(H,20,21). The molecule has 0 fully saturated rings. The first-order valence-corrected chi connectivity index (χ1v) is 7.75. The van der Waals surface area contributed by atoms with E-state index in [1.807, 2.05) is 0 Å². The van der Waals surface area contributed by atoms with Crippen molar-refractivity contribution < 1.29 is 14.3 Å². The molecule has 0 aliphatic rings. The van der Waals surface area contributed by atoms with Gasteiger partial charge in [0, 0.05) is 11.3 Å². The van der Waals surface area contributed by atoms with E-state index < -0.39 is 0 Å². The van der Waals surface area contributed by atoms with Gasteiger partial charge in [0.1, 0.15) is 11.5 Å². The zero-order valence-electron chi connectivity index (χ0n) is 13.4. The molecule has 0 atom stereocenters. The van der Waals surface area contributed by atoms with Crippen molar-refractivity contribution in [3.05, 3.63) is 53.1 Å². The summed E-state index contributed by atoms with van der Waals surface area (Å²) in [6.45, 7) is 4.72. The van der Waals surface area contributed by atoms with Crippen LogP contribution < -0.4 is 14.8 Å². The second kappa shape index (κ2) is 7.88. The van der Waals surface area contributed by atoms with Crippen LogP contribution in [0.3, 0.4) is 0 Å². The Kier molecular flexibility index (Phi) is 5.88. The highest BCUT2D eigenvalue weighted by Crippen LogP contribution is 2.28. The van der Waals surface area contributed by atoms with Crippen LogP contribution in [0.5, 0.6) is 11.5 Å². The molecule has 4 nitrogen and oxygen atoms in total. The predicted octanol–water partition coefficient (Wildman–Crippen LogP) is 4.64. The lowest BCUT2D eigenvalue weighted by Gasteiger charge is -2.12. The molecule has 0 spiro atoms. The largest absolute Gasteiger partial charge is 0.497 e. The van der Waals surface area contributed by atoms with Crippen molar-refractivity contribution in [1.82, 2.24) is 0 Å². The molecule has 0 unspecified atom stereocenters. The summed E-state index contributed by atoms with van der Waals surface area (Å²) in [6, 6.07) is 12.1. The second-order valence-corrected chi connectivity index (χ2v) is 5.94. The second-order valence-electron chi connectivity index (χ2n) is 5.54. The highest BCUT2D eigenvalue weighted by molar-refractivity contribution is 6.32. The van der Waals surface area contributed by atoms with E-state index in [4.69, 9.17) is 21.1 Å². The minimum absolute atomic E-state index is 0.226. The maximum atomic E-state index is 12.3. The van der Waals surface area contributed by atoms with E-state index in [1.54, 1.807) is 49.6 Å². The summed E-state index contributed by atoms with van der Waals surface area (Å²) in [6.07, 6.45) is 0. The van der Waals surface area contributed by atoms with Gasteiger partial charge in [-0.25, -0.2) is 0 Å². The number of rotatable bonds is 6. The zero-order valence-corrected chi connectivity index (χ0v) is 14.2. The summed E-state index contributed by atoms with van der Waals surface area (Å²) in [4.78, 5) is 12.3. The van der Waals surface area contributed by atoms with Crippen LogP contribution in [0.1, 0.15) is 24.2 Å². The summed E-state index contributed by atoms with van der Waals surface area (Å²) in [7, 11) is 1.56. The number of hydrogen-bond acceptors (Lipinski definition) is 3.